The molecule has 0 heterocycles. The Bertz CT molecular complexity index is 1100. The smallest absolute Gasteiger partial charge is 0.420 e. The maximum Gasteiger partial charge on any atom is 0.420 e. The summed E-state index contributed by atoms with van der Waals surface area (Å²) in [5.74, 6) is -1.25. The summed E-state index contributed by atoms with van der Waals surface area (Å²) in [6.07, 6.45) is -4.78. The van der Waals surface area contributed by atoms with Crippen LogP contribution in [0.15, 0.2) is 66.7 Å². The molecule has 0 atom stereocenters. The lowest BCUT2D eigenvalue weighted by atomic mass is 10.1. The van der Waals surface area contributed by atoms with E-state index in [0.717, 1.165) is 12.1 Å². The van der Waals surface area contributed by atoms with Crippen molar-refractivity contribution in [1.29, 1.82) is 0 Å². The molecule has 10 heteroatoms. The van der Waals surface area contributed by atoms with E-state index < -0.39 is 34.0 Å². The third-order valence-corrected chi connectivity index (χ3v) is 4.18. The van der Waals surface area contributed by atoms with E-state index in [1.165, 1.54) is 48.5 Å². The molecule has 0 saturated carbocycles. The van der Waals surface area contributed by atoms with Gasteiger partial charge in [0.1, 0.15) is 22.6 Å². The van der Waals surface area contributed by atoms with Crippen LogP contribution in [0.5, 0.6) is 11.5 Å². The SMILES string of the molecule is O=C(Nc1ccc(Oc2ccc(Cl)cc2)c(C(F)(F)F)c1)c1ccccc1[N+](=O)[O-]. The molecule has 0 saturated heterocycles. The number of halogens is 4. The van der Waals surface area contributed by atoms with Gasteiger partial charge < -0.3 is 10.1 Å². The van der Waals surface area contributed by atoms with Crippen molar-refractivity contribution in [2.45, 2.75) is 6.18 Å². The molecule has 0 bridgehead atoms. The number of alkyl halides is 3. The van der Waals surface area contributed by atoms with E-state index in [1.54, 1.807) is 0 Å². The van der Waals surface area contributed by atoms with E-state index >= 15 is 0 Å². The van der Waals surface area contributed by atoms with Gasteiger partial charge in [0.2, 0.25) is 0 Å². The van der Waals surface area contributed by atoms with Gasteiger partial charge in [0.25, 0.3) is 11.6 Å². The molecule has 0 radical (unpaired) electrons. The number of nitrogens with zero attached hydrogens (tertiary/aromatic N) is 1. The highest BCUT2D eigenvalue weighted by atomic mass is 35.5. The predicted molar refractivity (Wildman–Crippen MR) is 104 cm³/mol. The number of nitro benzene ring substituents is 1. The molecule has 3 rings (SSSR count). The first-order valence-electron chi connectivity index (χ1n) is 8.34. The van der Waals surface area contributed by atoms with Crippen molar-refractivity contribution in [3.63, 3.8) is 0 Å². The lowest BCUT2D eigenvalue weighted by molar-refractivity contribution is -0.385. The largest absolute Gasteiger partial charge is 0.457 e. The summed E-state index contributed by atoms with van der Waals surface area (Å²) in [5, 5.41) is 13.7. The maximum atomic E-state index is 13.5. The second-order valence-electron chi connectivity index (χ2n) is 5.99. The Morgan fingerprint density at radius 3 is 2.33 bits per heavy atom. The Morgan fingerprint density at radius 1 is 1.03 bits per heavy atom. The minimum absolute atomic E-state index is 0.140. The molecule has 1 amide bonds. The van der Waals surface area contributed by atoms with Gasteiger partial charge in [0, 0.05) is 16.8 Å². The standard InChI is InChI=1S/C20H12ClF3N2O4/c21-12-5-8-14(9-6-12)30-18-10-7-13(11-16(18)20(22,23)24)25-19(27)15-3-1-2-4-17(15)26(28)29/h1-11H,(H,25,27). The molecule has 6 nitrogen and oxygen atoms in total. The van der Waals surface area contributed by atoms with E-state index in [4.69, 9.17) is 16.3 Å². The number of amides is 1. The zero-order valence-corrected chi connectivity index (χ0v) is 15.7. The first-order valence-corrected chi connectivity index (χ1v) is 8.72. The summed E-state index contributed by atoms with van der Waals surface area (Å²) in [7, 11) is 0. The van der Waals surface area contributed by atoms with Crippen LogP contribution in [0.4, 0.5) is 24.5 Å². The molecule has 3 aromatic rings. The van der Waals surface area contributed by atoms with Gasteiger partial charge in [-0.25, -0.2) is 0 Å². The van der Waals surface area contributed by atoms with Gasteiger partial charge in [-0.1, -0.05) is 23.7 Å². The molecule has 0 aromatic heterocycles. The molecule has 3 aromatic carbocycles. The highest BCUT2D eigenvalue weighted by Crippen LogP contribution is 2.40. The third-order valence-electron chi connectivity index (χ3n) is 3.93. The first kappa shape index (κ1) is 21.1. The number of ether oxygens (including phenoxy) is 1. The second-order valence-corrected chi connectivity index (χ2v) is 6.43. The van der Waals surface area contributed by atoms with E-state index in [-0.39, 0.29) is 17.0 Å². The summed E-state index contributed by atoms with van der Waals surface area (Å²) in [6, 6.07) is 13.8. The summed E-state index contributed by atoms with van der Waals surface area (Å²) in [5.41, 5.74) is -2.07. The highest BCUT2D eigenvalue weighted by molar-refractivity contribution is 6.30. The van der Waals surface area contributed by atoms with Crippen LogP contribution in [0.25, 0.3) is 0 Å². The van der Waals surface area contributed by atoms with Crippen LogP contribution in [0.1, 0.15) is 15.9 Å². The van der Waals surface area contributed by atoms with E-state index in [0.29, 0.717) is 11.1 Å². The fourth-order valence-electron chi connectivity index (χ4n) is 2.57. The molecule has 30 heavy (non-hydrogen) atoms. The minimum atomic E-state index is -4.78. The molecule has 0 spiro atoms. The van der Waals surface area contributed by atoms with Crippen molar-refractivity contribution in [2.24, 2.45) is 0 Å². The molecule has 154 valence electrons. The average Bonchev–Trinajstić information content (AvgIpc) is 2.70. The summed E-state index contributed by atoms with van der Waals surface area (Å²) < 4.78 is 45.9. The highest BCUT2D eigenvalue weighted by Gasteiger charge is 2.35. The lowest BCUT2D eigenvalue weighted by Crippen LogP contribution is -2.15. The number of nitrogens with one attached hydrogen (secondary N) is 1. The second kappa shape index (κ2) is 8.42. The average molecular weight is 437 g/mol. The number of benzene rings is 3. The fourth-order valence-corrected chi connectivity index (χ4v) is 2.70. The van der Waals surface area contributed by atoms with Gasteiger partial charge >= 0.3 is 6.18 Å². The van der Waals surface area contributed by atoms with Crippen molar-refractivity contribution in [1.82, 2.24) is 0 Å². The lowest BCUT2D eigenvalue weighted by Gasteiger charge is -2.15. The number of nitro groups is 1. The van der Waals surface area contributed by atoms with Crippen molar-refractivity contribution in [3.8, 4) is 11.5 Å². The van der Waals surface area contributed by atoms with Crippen LogP contribution in [0.3, 0.4) is 0 Å². The fraction of sp³-hybridized carbons (Fsp3) is 0.0500. The zero-order valence-electron chi connectivity index (χ0n) is 14.9. The Labute approximate surface area is 173 Å². The first-order chi connectivity index (χ1) is 14.1. The molecule has 0 aliphatic carbocycles. The van der Waals surface area contributed by atoms with Crippen molar-refractivity contribution >= 4 is 28.9 Å². The predicted octanol–water partition coefficient (Wildman–Crippen LogP) is 6.31. The minimum Gasteiger partial charge on any atom is -0.457 e. The Morgan fingerprint density at radius 2 is 1.70 bits per heavy atom. The molecular weight excluding hydrogens is 425 g/mol. The Balaban J connectivity index is 1.91. The normalized spacial score (nSPS) is 11.1. The van der Waals surface area contributed by atoms with E-state index in [1.807, 2.05) is 0 Å². The van der Waals surface area contributed by atoms with Crippen molar-refractivity contribution in [2.75, 3.05) is 5.32 Å². The summed E-state index contributed by atoms with van der Waals surface area (Å²) in [4.78, 5) is 22.7. The molecule has 0 aliphatic heterocycles. The number of carbonyl (C=O) groups is 1. The van der Waals surface area contributed by atoms with Crippen LogP contribution in [-0.4, -0.2) is 10.8 Å². The molecular formula is C20H12ClF3N2O4. The Kier molecular flexibility index (Phi) is 5.93. The number of hydrogen-bond acceptors (Lipinski definition) is 4. The van der Waals surface area contributed by atoms with Crippen molar-refractivity contribution < 1.29 is 27.6 Å². The molecule has 1 N–H and O–H groups in total. The van der Waals surface area contributed by atoms with Crippen LogP contribution in [-0.2, 0) is 6.18 Å². The van der Waals surface area contributed by atoms with Gasteiger partial charge in [-0.05, 0) is 48.5 Å². The van der Waals surface area contributed by atoms with Gasteiger partial charge in [-0.2, -0.15) is 13.2 Å². The molecule has 0 unspecified atom stereocenters. The van der Waals surface area contributed by atoms with Gasteiger partial charge in [-0.15, -0.1) is 0 Å². The quantitative estimate of drug-likeness (QED) is 0.375. The van der Waals surface area contributed by atoms with Crippen LogP contribution >= 0.6 is 11.6 Å². The van der Waals surface area contributed by atoms with Gasteiger partial charge in [0.05, 0.1) is 4.92 Å². The number of para-hydroxylation sites is 1. The number of carbonyl (C=O) groups excluding carboxylic acids is 1. The number of hydrogen-bond donors (Lipinski definition) is 1. The monoisotopic (exact) mass is 436 g/mol. The van der Waals surface area contributed by atoms with Crippen LogP contribution in [0.2, 0.25) is 5.02 Å². The maximum absolute atomic E-state index is 13.5. The van der Waals surface area contributed by atoms with E-state index in [2.05, 4.69) is 5.32 Å². The molecule has 0 aliphatic rings. The molecule has 0 fully saturated rings. The van der Waals surface area contributed by atoms with Crippen LogP contribution in [0, 0.1) is 10.1 Å². The number of rotatable bonds is 5. The third kappa shape index (κ3) is 4.87. The van der Waals surface area contributed by atoms with Crippen LogP contribution < -0.4 is 10.1 Å². The Hall–Kier alpha value is -3.59. The summed E-state index contributed by atoms with van der Waals surface area (Å²) >= 11 is 5.75. The topological polar surface area (TPSA) is 81.5 Å². The van der Waals surface area contributed by atoms with E-state index in [9.17, 15) is 28.1 Å². The van der Waals surface area contributed by atoms with Gasteiger partial charge in [-0.3, -0.25) is 14.9 Å². The zero-order chi connectivity index (χ0) is 21.9. The van der Waals surface area contributed by atoms with Gasteiger partial charge in [0.15, 0.2) is 0 Å². The summed E-state index contributed by atoms with van der Waals surface area (Å²) in [6.45, 7) is 0. The number of anilines is 1. The van der Waals surface area contributed by atoms with Crippen molar-refractivity contribution in [3.05, 3.63) is 93.0 Å².